The van der Waals surface area contributed by atoms with Gasteiger partial charge >= 0.3 is 0 Å². The van der Waals surface area contributed by atoms with Crippen LogP contribution >= 0.6 is 0 Å². The highest BCUT2D eigenvalue weighted by Crippen LogP contribution is 2.30. The Hall–Kier alpha value is -4.45. The number of nitrogens with zero attached hydrogens (tertiary/aromatic N) is 2. The second kappa shape index (κ2) is 12.7. The summed E-state index contributed by atoms with van der Waals surface area (Å²) < 4.78 is 27.4. The van der Waals surface area contributed by atoms with E-state index in [1.165, 1.54) is 6.08 Å². The number of amides is 1. The third-order valence-corrected chi connectivity index (χ3v) is 4.67. The number of carbonyl (C=O) groups excluding carboxylic acids is 1. The maximum atomic E-state index is 12.4. The molecule has 0 bridgehead atoms. The minimum atomic E-state index is -0.588. The lowest BCUT2D eigenvalue weighted by atomic mass is 10.1. The predicted molar refractivity (Wildman–Crippen MR) is 130 cm³/mol. The smallest absolute Gasteiger partial charge is 0.267 e. The molecule has 0 fully saturated rings. The maximum absolute atomic E-state index is 12.4. The number of anilines is 1. The number of nitrogens with one attached hydrogen (secondary N) is 1. The minimum absolute atomic E-state index is 0.0866. The molecule has 182 valence electrons. The molecule has 1 aromatic heterocycles. The second-order valence-corrected chi connectivity index (χ2v) is 7.32. The van der Waals surface area contributed by atoms with Gasteiger partial charge in [0.05, 0.1) is 26.9 Å². The fourth-order valence-electron chi connectivity index (χ4n) is 3.05. The normalized spacial score (nSPS) is 10.9. The molecule has 0 saturated heterocycles. The van der Waals surface area contributed by atoms with E-state index in [2.05, 4.69) is 10.5 Å². The second-order valence-electron chi connectivity index (χ2n) is 7.32. The van der Waals surface area contributed by atoms with Gasteiger partial charge in [-0.1, -0.05) is 17.3 Å². The first-order chi connectivity index (χ1) is 17.0. The van der Waals surface area contributed by atoms with Crippen molar-refractivity contribution in [3.8, 4) is 29.1 Å². The van der Waals surface area contributed by atoms with Crippen LogP contribution in [-0.4, -0.2) is 38.0 Å². The monoisotopic (exact) mass is 477 g/mol. The van der Waals surface area contributed by atoms with Gasteiger partial charge in [0.25, 0.3) is 5.91 Å². The number of methoxy groups -OCH3 is 1. The van der Waals surface area contributed by atoms with Crippen LogP contribution in [0.3, 0.4) is 0 Å². The summed E-state index contributed by atoms with van der Waals surface area (Å²) in [5.41, 5.74) is 0.529. The van der Waals surface area contributed by atoms with E-state index in [-0.39, 0.29) is 11.4 Å². The van der Waals surface area contributed by atoms with Crippen molar-refractivity contribution >= 4 is 17.8 Å². The Labute approximate surface area is 203 Å². The zero-order chi connectivity index (χ0) is 25.0. The largest absolute Gasteiger partial charge is 0.497 e. The molecule has 0 aliphatic carbocycles. The molecule has 3 rings (SSSR count). The molecule has 0 unspecified atom stereocenters. The molecule has 1 heterocycles. The Morgan fingerprint density at radius 2 is 1.89 bits per heavy atom. The fourth-order valence-corrected chi connectivity index (χ4v) is 3.05. The first kappa shape index (κ1) is 25.2. The van der Waals surface area contributed by atoms with E-state index in [1.54, 1.807) is 38.3 Å². The molecular weight excluding hydrogens is 450 g/mol. The van der Waals surface area contributed by atoms with E-state index < -0.39 is 5.91 Å². The zero-order valence-electron chi connectivity index (χ0n) is 19.9. The van der Waals surface area contributed by atoms with Crippen molar-refractivity contribution in [1.82, 2.24) is 5.16 Å². The van der Waals surface area contributed by atoms with Crippen LogP contribution < -0.4 is 24.3 Å². The molecule has 0 saturated carbocycles. The SMILES string of the molecule is CCOc1cc(C=C(C#N)C(=O)Nc2cc(C)on2)ccc1OCCCOc1cccc(OC)c1. The van der Waals surface area contributed by atoms with Crippen LogP contribution in [0.4, 0.5) is 5.82 Å². The summed E-state index contributed by atoms with van der Waals surface area (Å²) in [6.45, 7) is 4.89. The van der Waals surface area contributed by atoms with Crippen molar-refractivity contribution in [3.63, 3.8) is 0 Å². The van der Waals surface area contributed by atoms with Crippen molar-refractivity contribution in [3.05, 3.63) is 65.4 Å². The molecule has 0 atom stereocenters. The minimum Gasteiger partial charge on any atom is -0.497 e. The number of aryl methyl sites for hydroxylation is 1. The average Bonchev–Trinajstić information content (AvgIpc) is 3.27. The van der Waals surface area contributed by atoms with Crippen molar-refractivity contribution in [2.24, 2.45) is 0 Å². The van der Waals surface area contributed by atoms with Gasteiger partial charge in [-0.15, -0.1) is 0 Å². The number of nitriles is 1. The van der Waals surface area contributed by atoms with Gasteiger partial charge in [0.15, 0.2) is 17.3 Å². The first-order valence-electron chi connectivity index (χ1n) is 11.1. The third-order valence-electron chi connectivity index (χ3n) is 4.67. The van der Waals surface area contributed by atoms with E-state index in [0.717, 1.165) is 11.5 Å². The van der Waals surface area contributed by atoms with Crippen molar-refractivity contribution in [2.45, 2.75) is 20.3 Å². The molecule has 2 aromatic carbocycles. The van der Waals surface area contributed by atoms with E-state index in [0.29, 0.717) is 49.1 Å². The lowest BCUT2D eigenvalue weighted by molar-refractivity contribution is -0.112. The zero-order valence-corrected chi connectivity index (χ0v) is 19.9. The highest BCUT2D eigenvalue weighted by Gasteiger charge is 2.13. The van der Waals surface area contributed by atoms with Crippen molar-refractivity contribution in [1.29, 1.82) is 5.26 Å². The van der Waals surface area contributed by atoms with Gasteiger partial charge in [0, 0.05) is 18.6 Å². The van der Waals surface area contributed by atoms with Gasteiger partial charge in [-0.3, -0.25) is 4.79 Å². The number of ether oxygens (including phenoxy) is 4. The Morgan fingerprint density at radius 1 is 1.09 bits per heavy atom. The molecule has 1 amide bonds. The van der Waals surface area contributed by atoms with Crippen molar-refractivity contribution < 1.29 is 28.3 Å². The molecule has 3 aromatic rings. The number of hydrogen-bond acceptors (Lipinski definition) is 8. The number of aromatic nitrogens is 1. The standard InChI is InChI=1S/C26H27N3O6/c1-4-32-24-15-19(14-20(17-27)26(30)28-25-13-18(2)35-29-25)9-10-23(24)34-12-6-11-33-22-8-5-7-21(16-22)31-3/h5,7-10,13-16H,4,6,11-12H2,1-3H3,(H,28,29,30). The van der Waals surface area contributed by atoms with Crippen LogP contribution in [0.15, 0.2) is 58.6 Å². The molecule has 0 radical (unpaired) electrons. The lowest BCUT2D eigenvalue weighted by Gasteiger charge is -2.13. The molecule has 1 N–H and O–H groups in total. The fraction of sp³-hybridized carbons (Fsp3) is 0.269. The van der Waals surface area contributed by atoms with Crippen LogP contribution in [0.25, 0.3) is 6.08 Å². The van der Waals surface area contributed by atoms with Gasteiger partial charge in [-0.05, 0) is 49.8 Å². The Kier molecular flexibility index (Phi) is 9.14. The molecule has 35 heavy (non-hydrogen) atoms. The van der Waals surface area contributed by atoms with E-state index in [4.69, 9.17) is 23.5 Å². The summed E-state index contributed by atoms with van der Waals surface area (Å²) in [5, 5.41) is 15.7. The van der Waals surface area contributed by atoms with Crippen LogP contribution in [0.5, 0.6) is 23.0 Å². The van der Waals surface area contributed by atoms with Crippen LogP contribution in [0.1, 0.15) is 24.7 Å². The van der Waals surface area contributed by atoms with Gasteiger partial charge in [0.1, 0.15) is 28.9 Å². The van der Waals surface area contributed by atoms with E-state index in [9.17, 15) is 10.1 Å². The summed E-state index contributed by atoms with van der Waals surface area (Å²) in [6, 6.07) is 16.1. The molecule has 0 spiro atoms. The van der Waals surface area contributed by atoms with Crippen molar-refractivity contribution in [2.75, 3.05) is 32.2 Å². The summed E-state index contributed by atoms with van der Waals surface area (Å²) in [6.07, 6.45) is 2.13. The van der Waals surface area contributed by atoms with Gasteiger partial charge in [0.2, 0.25) is 0 Å². The maximum Gasteiger partial charge on any atom is 0.267 e. The molecular formula is C26H27N3O6. The average molecular weight is 478 g/mol. The van der Waals surface area contributed by atoms with Crippen LogP contribution in [-0.2, 0) is 4.79 Å². The lowest BCUT2D eigenvalue weighted by Crippen LogP contribution is -2.13. The molecule has 0 aliphatic heterocycles. The summed E-state index contributed by atoms with van der Waals surface area (Å²) in [5.74, 6) is 2.74. The first-order valence-corrected chi connectivity index (χ1v) is 11.1. The molecule has 9 nitrogen and oxygen atoms in total. The Balaban J connectivity index is 1.59. The number of rotatable bonds is 12. The topological polar surface area (TPSA) is 116 Å². The summed E-state index contributed by atoms with van der Waals surface area (Å²) in [4.78, 5) is 12.4. The molecule has 9 heteroatoms. The highest BCUT2D eigenvalue weighted by molar-refractivity contribution is 6.09. The summed E-state index contributed by atoms with van der Waals surface area (Å²) in [7, 11) is 1.61. The quantitative estimate of drug-likeness (QED) is 0.225. The number of benzene rings is 2. The number of carbonyl (C=O) groups is 1. The Morgan fingerprint density at radius 3 is 2.60 bits per heavy atom. The highest BCUT2D eigenvalue weighted by atomic mass is 16.5. The van der Waals surface area contributed by atoms with Gasteiger partial charge < -0.3 is 28.8 Å². The van der Waals surface area contributed by atoms with Crippen LogP contribution in [0, 0.1) is 18.3 Å². The number of hydrogen-bond donors (Lipinski definition) is 1. The summed E-state index contributed by atoms with van der Waals surface area (Å²) >= 11 is 0. The van der Waals surface area contributed by atoms with E-state index in [1.807, 2.05) is 37.3 Å². The van der Waals surface area contributed by atoms with Gasteiger partial charge in [-0.25, -0.2) is 0 Å². The third kappa shape index (κ3) is 7.54. The molecule has 0 aliphatic rings. The van der Waals surface area contributed by atoms with Gasteiger partial charge in [-0.2, -0.15) is 5.26 Å². The van der Waals surface area contributed by atoms with Crippen LogP contribution in [0.2, 0.25) is 0 Å². The predicted octanol–water partition coefficient (Wildman–Crippen LogP) is 4.78. The Bertz CT molecular complexity index is 1210. The van der Waals surface area contributed by atoms with E-state index >= 15 is 0 Å².